The van der Waals surface area contributed by atoms with Gasteiger partial charge in [-0.1, -0.05) is 36.4 Å². The topological polar surface area (TPSA) is 83.9 Å². The molecule has 0 fully saturated rings. The van der Waals surface area contributed by atoms with Crippen molar-refractivity contribution in [1.29, 1.82) is 0 Å². The largest absolute Gasteiger partial charge is 0.475 e. The van der Waals surface area contributed by atoms with Crippen LogP contribution in [0.5, 0.6) is 0 Å². The molecule has 2 aromatic heterocycles. The Morgan fingerprint density at radius 3 is 2.23 bits per heavy atom. The number of carboxylic acids is 1. The molecule has 6 nitrogen and oxygen atoms in total. The van der Waals surface area contributed by atoms with Gasteiger partial charge in [0.1, 0.15) is 0 Å². The fourth-order valence-electron chi connectivity index (χ4n) is 2.45. The SMILES string of the molecule is O=C(O)c1ccco1.O=CN(c1ccco1)c1cccc2ccccc12. The average molecular weight is 349 g/mol. The predicted octanol–water partition coefficient (Wildman–Crippen LogP) is 4.71. The summed E-state index contributed by atoms with van der Waals surface area (Å²) in [4.78, 5) is 22.8. The first kappa shape index (κ1) is 17.0. The van der Waals surface area contributed by atoms with Gasteiger partial charge in [-0.2, -0.15) is 0 Å². The third-order valence-corrected chi connectivity index (χ3v) is 3.61. The van der Waals surface area contributed by atoms with Gasteiger partial charge in [-0.05, 0) is 29.7 Å². The molecule has 0 atom stereocenters. The van der Waals surface area contributed by atoms with E-state index in [-0.39, 0.29) is 5.76 Å². The molecule has 0 radical (unpaired) electrons. The molecular formula is C20H15NO5. The van der Waals surface area contributed by atoms with Crippen LogP contribution < -0.4 is 4.90 Å². The van der Waals surface area contributed by atoms with Crippen molar-refractivity contribution >= 4 is 34.7 Å². The lowest BCUT2D eigenvalue weighted by Crippen LogP contribution is -2.13. The number of rotatable bonds is 4. The monoisotopic (exact) mass is 349 g/mol. The summed E-state index contributed by atoms with van der Waals surface area (Å²) in [6.45, 7) is 0. The molecule has 4 aromatic rings. The van der Waals surface area contributed by atoms with E-state index >= 15 is 0 Å². The van der Waals surface area contributed by atoms with Crippen LogP contribution in [0.3, 0.4) is 0 Å². The molecule has 1 N–H and O–H groups in total. The summed E-state index contributed by atoms with van der Waals surface area (Å²) in [6.07, 6.45) is 3.64. The summed E-state index contributed by atoms with van der Waals surface area (Å²) in [5.74, 6) is -0.540. The van der Waals surface area contributed by atoms with Crippen molar-refractivity contribution in [3.63, 3.8) is 0 Å². The maximum absolute atomic E-state index is 11.3. The first-order valence-electron chi connectivity index (χ1n) is 7.73. The van der Waals surface area contributed by atoms with Crippen LogP contribution in [0, 0.1) is 0 Å². The summed E-state index contributed by atoms with van der Waals surface area (Å²) in [5.41, 5.74) is 0.818. The third kappa shape index (κ3) is 3.64. The minimum atomic E-state index is -1.03. The van der Waals surface area contributed by atoms with Crippen LogP contribution in [0.15, 0.2) is 88.1 Å². The number of hydrogen-bond donors (Lipinski definition) is 1. The Morgan fingerprint density at radius 1 is 0.885 bits per heavy atom. The second-order valence-electron chi connectivity index (χ2n) is 5.21. The van der Waals surface area contributed by atoms with Gasteiger partial charge in [0.25, 0.3) is 0 Å². The Morgan fingerprint density at radius 2 is 1.62 bits per heavy atom. The number of carbonyl (C=O) groups is 2. The summed E-state index contributed by atoms with van der Waals surface area (Å²) >= 11 is 0. The van der Waals surface area contributed by atoms with E-state index in [1.165, 1.54) is 23.3 Å². The third-order valence-electron chi connectivity index (χ3n) is 3.61. The molecular weight excluding hydrogens is 334 g/mol. The van der Waals surface area contributed by atoms with Crippen molar-refractivity contribution in [2.75, 3.05) is 4.90 Å². The lowest BCUT2D eigenvalue weighted by molar-refractivity contribution is -0.107. The maximum Gasteiger partial charge on any atom is 0.371 e. The van der Waals surface area contributed by atoms with Crippen molar-refractivity contribution in [3.8, 4) is 0 Å². The maximum atomic E-state index is 11.3. The minimum Gasteiger partial charge on any atom is -0.475 e. The molecule has 0 aliphatic carbocycles. The molecule has 26 heavy (non-hydrogen) atoms. The molecule has 0 aliphatic rings. The zero-order valence-electron chi connectivity index (χ0n) is 13.6. The normalized spacial score (nSPS) is 10.0. The standard InChI is InChI=1S/C15H11NO2.C5H4O3/c17-11-16(15-9-4-10-18-15)14-8-3-6-12-5-1-2-7-13(12)14;6-5(7)4-2-1-3-8-4/h1-11H;1-3H,(H,6,7). The quantitative estimate of drug-likeness (QED) is 0.540. The summed E-state index contributed by atoms with van der Waals surface area (Å²) in [5, 5.41) is 10.3. The number of aromatic carboxylic acids is 1. The lowest BCUT2D eigenvalue weighted by atomic mass is 10.1. The number of furan rings is 2. The van der Waals surface area contributed by atoms with Crippen molar-refractivity contribution in [2.24, 2.45) is 0 Å². The van der Waals surface area contributed by atoms with Gasteiger partial charge >= 0.3 is 5.97 Å². The Kier molecular flexibility index (Phi) is 5.14. The molecule has 130 valence electrons. The zero-order chi connectivity index (χ0) is 18.4. The van der Waals surface area contributed by atoms with Crippen LogP contribution in [0.4, 0.5) is 11.6 Å². The number of anilines is 2. The number of fused-ring (bicyclic) bond motifs is 1. The highest BCUT2D eigenvalue weighted by Crippen LogP contribution is 2.31. The van der Waals surface area contributed by atoms with Crippen LogP contribution >= 0.6 is 0 Å². The second-order valence-corrected chi connectivity index (χ2v) is 5.21. The molecule has 0 aliphatic heterocycles. The Labute approximate surface area is 148 Å². The summed E-state index contributed by atoms with van der Waals surface area (Å²) < 4.78 is 9.78. The zero-order valence-corrected chi connectivity index (χ0v) is 13.6. The van der Waals surface area contributed by atoms with E-state index < -0.39 is 5.97 Å². The lowest BCUT2D eigenvalue weighted by Gasteiger charge is -2.16. The van der Waals surface area contributed by atoms with Crippen LogP contribution in [0.1, 0.15) is 10.6 Å². The van der Waals surface area contributed by atoms with E-state index in [1.807, 2.05) is 42.5 Å². The van der Waals surface area contributed by atoms with Gasteiger partial charge in [0.2, 0.25) is 18.1 Å². The molecule has 0 saturated carbocycles. The highest BCUT2D eigenvalue weighted by atomic mass is 16.4. The molecule has 2 aromatic carbocycles. The number of hydrogen-bond acceptors (Lipinski definition) is 4. The smallest absolute Gasteiger partial charge is 0.371 e. The van der Waals surface area contributed by atoms with Gasteiger partial charge in [-0.3, -0.25) is 9.69 Å². The summed E-state index contributed by atoms with van der Waals surface area (Å²) in [7, 11) is 0. The van der Waals surface area contributed by atoms with Gasteiger partial charge in [0, 0.05) is 11.5 Å². The first-order chi connectivity index (χ1) is 12.7. The van der Waals surface area contributed by atoms with E-state index in [9.17, 15) is 9.59 Å². The van der Waals surface area contributed by atoms with E-state index in [0.29, 0.717) is 5.88 Å². The van der Waals surface area contributed by atoms with E-state index in [1.54, 1.807) is 18.4 Å². The molecule has 0 unspecified atom stereocenters. The van der Waals surface area contributed by atoms with Crippen LogP contribution in [0.2, 0.25) is 0 Å². The van der Waals surface area contributed by atoms with Crippen molar-refractivity contribution in [1.82, 2.24) is 0 Å². The van der Waals surface area contributed by atoms with Gasteiger partial charge in [-0.25, -0.2) is 4.79 Å². The molecule has 6 heteroatoms. The van der Waals surface area contributed by atoms with Crippen molar-refractivity contribution in [3.05, 3.63) is 85.0 Å². The van der Waals surface area contributed by atoms with E-state index in [4.69, 9.17) is 9.52 Å². The van der Waals surface area contributed by atoms with Crippen LogP contribution in [-0.2, 0) is 4.79 Å². The van der Waals surface area contributed by atoms with Gasteiger partial charge in [-0.15, -0.1) is 0 Å². The second kappa shape index (κ2) is 7.85. The number of benzene rings is 2. The summed E-state index contributed by atoms with van der Waals surface area (Å²) in [6, 6.07) is 20.2. The molecule has 1 amide bonds. The van der Waals surface area contributed by atoms with Gasteiger partial charge in [0.15, 0.2) is 0 Å². The highest BCUT2D eigenvalue weighted by Gasteiger charge is 2.13. The molecule has 4 rings (SSSR count). The van der Waals surface area contributed by atoms with Crippen molar-refractivity contribution < 1.29 is 23.5 Å². The fraction of sp³-hybridized carbons (Fsp3) is 0. The molecule has 0 bridgehead atoms. The molecule has 2 heterocycles. The van der Waals surface area contributed by atoms with E-state index in [0.717, 1.165) is 22.9 Å². The van der Waals surface area contributed by atoms with Crippen LogP contribution in [0.25, 0.3) is 10.8 Å². The number of carbonyl (C=O) groups excluding carboxylic acids is 1. The number of nitrogens with zero attached hydrogens (tertiary/aromatic N) is 1. The Bertz CT molecular complexity index is 985. The number of amides is 1. The minimum absolute atomic E-state index is 0.0231. The van der Waals surface area contributed by atoms with Gasteiger partial charge < -0.3 is 13.9 Å². The Balaban J connectivity index is 0.000000206. The fourth-order valence-corrected chi connectivity index (χ4v) is 2.45. The van der Waals surface area contributed by atoms with Gasteiger partial charge in [0.05, 0.1) is 18.2 Å². The first-order valence-corrected chi connectivity index (χ1v) is 7.73. The Hall–Kier alpha value is -3.80. The number of carboxylic acid groups (broad SMARTS) is 1. The van der Waals surface area contributed by atoms with Crippen LogP contribution in [-0.4, -0.2) is 17.5 Å². The molecule has 0 saturated heterocycles. The van der Waals surface area contributed by atoms with E-state index in [2.05, 4.69) is 4.42 Å². The van der Waals surface area contributed by atoms with Crippen molar-refractivity contribution in [2.45, 2.75) is 0 Å². The average Bonchev–Trinajstić information content (AvgIpc) is 3.37. The highest BCUT2D eigenvalue weighted by molar-refractivity contribution is 6.01. The molecule has 0 spiro atoms. The predicted molar refractivity (Wildman–Crippen MR) is 96.5 cm³/mol.